The highest BCUT2D eigenvalue weighted by Gasteiger charge is 2.37. The van der Waals surface area contributed by atoms with Gasteiger partial charge in [0.1, 0.15) is 0 Å². The average molecular weight is 254 g/mol. The Balaban J connectivity index is 1.80. The zero-order valence-corrected chi connectivity index (χ0v) is 10.8. The fraction of sp³-hybridized carbons (Fsp3) is 0.727. The predicted molar refractivity (Wildman–Crippen MR) is 64.1 cm³/mol. The number of β-amino-alcohol motifs (C(OH)–C–C–N with tert-alkyl or cyclic N) is 1. The quantitative estimate of drug-likeness (QED) is 0.797. The number of amides is 1. The molecule has 1 aliphatic heterocycles. The van der Waals surface area contributed by atoms with Gasteiger partial charge in [-0.2, -0.15) is 0 Å². The van der Waals surface area contributed by atoms with Crippen LogP contribution in [0.15, 0.2) is 4.42 Å². The number of aliphatic hydroxyl groups is 1. The van der Waals surface area contributed by atoms with Crippen molar-refractivity contribution in [2.75, 3.05) is 25.0 Å². The predicted octanol–water partition coefficient (Wildman–Crippen LogP) is 0.198. The molecule has 7 heteroatoms. The third-order valence-electron chi connectivity index (χ3n) is 2.68. The van der Waals surface area contributed by atoms with Crippen LogP contribution < -0.4 is 5.32 Å². The number of carbonyl (C=O) groups excluding carboxylic acids is 1. The van der Waals surface area contributed by atoms with Crippen LogP contribution in [-0.2, 0) is 4.79 Å². The Kier molecular flexibility index (Phi) is 3.36. The van der Waals surface area contributed by atoms with Crippen LogP contribution in [0.25, 0.3) is 0 Å². The van der Waals surface area contributed by atoms with Crippen LogP contribution in [0.4, 0.5) is 6.01 Å². The van der Waals surface area contributed by atoms with Crippen LogP contribution >= 0.6 is 0 Å². The lowest BCUT2D eigenvalue weighted by Gasteiger charge is -2.43. The molecule has 2 N–H and O–H groups in total. The normalized spacial score (nSPS) is 18.7. The second-order valence-electron chi connectivity index (χ2n) is 5.29. The van der Waals surface area contributed by atoms with E-state index in [2.05, 4.69) is 15.5 Å². The summed E-state index contributed by atoms with van der Waals surface area (Å²) >= 11 is 0. The molecule has 100 valence electrons. The molecule has 2 heterocycles. The number of nitrogens with zero attached hydrogens (tertiary/aromatic N) is 3. The van der Waals surface area contributed by atoms with Crippen molar-refractivity contribution >= 4 is 11.9 Å². The lowest BCUT2D eigenvalue weighted by molar-refractivity contribution is -0.125. The van der Waals surface area contributed by atoms with Gasteiger partial charge < -0.3 is 9.52 Å². The molecule has 1 saturated heterocycles. The molecule has 0 unspecified atom stereocenters. The molecule has 0 aliphatic carbocycles. The van der Waals surface area contributed by atoms with Gasteiger partial charge in [-0.1, -0.05) is 18.9 Å². The first-order valence-electron chi connectivity index (χ1n) is 5.94. The molecule has 0 saturated carbocycles. The van der Waals surface area contributed by atoms with Crippen LogP contribution in [-0.4, -0.2) is 51.3 Å². The van der Waals surface area contributed by atoms with E-state index < -0.39 is 5.60 Å². The number of carbonyl (C=O) groups is 1. The van der Waals surface area contributed by atoms with Crippen molar-refractivity contribution in [3.05, 3.63) is 5.89 Å². The standard InChI is InChI=1S/C11H18N4O3/c1-7(2)9-13-14-10(18-9)12-8(16)4-15-5-11(3,17)6-15/h7,17H,4-6H2,1-3H3,(H,12,14,16). The molecule has 1 aliphatic rings. The van der Waals surface area contributed by atoms with Gasteiger partial charge in [0.25, 0.3) is 0 Å². The first-order valence-corrected chi connectivity index (χ1v) is 5.94. The van der Waals surface area contributed by atoms with Gasteiger partial charge in [-0.15, -0.1) is 5.10 Å². The maximum atomic E-state index is 11.6. The van der Waals surface area contributed by atoms with Crippen molar-refractivity contribution in [1.29, 1.82) is 0 Å². The highest BCUT2D eigenvalue weighted by molar-refractivity contribution is 5.90. The van der Waals surface area contributed by atoms with E-state index in [9.17, 15) is 9.90 Å². The number of likely N-dealkylation sites (tertiary alicyclic amines) is 1. The Labute approximate surface area is 105 Å². The number of anilines is 1. The Morgan fingerprint density at radius 1 is 1.56 bits per heavy atom. The Hall–Kier alpha value is -1.47. The summed E-state index contributed by atoms with van der Waals surface area (Å²) in [6, 6.07) is 0.121. The number of hydrogen-bond donors (Lipinski definition) is 2. The van der Waals surface area contributed by atoms with Gasteiger partial charge in [0.05, 0.1) is 12.1 Å². The number of rotatable bonds is 4. The minimum Gasteiger partial charge on any atom is -0.408 e. The molecule has 1 amide bonds. The molecule has 2 rings (SSSR count). The lowest BCUT2D eigenvalue weighted by atomic mass is 9.97. The van der Waals surface area contributed by atoms with Gasteiger partial charge in [0, 0.05) is 19.0 Å². The van der Waals surface area contributed by atoms with Crippen molar-refractivity contribution in [2.24, 2.45) is 0 Å². The summed E-state index contributed by atoms with van der Waals surface area (Å²) in [6.45, 7) is 6.83. The van der Waals surface area contributed by atoms with E-state index in [0.717, 1.165) is 0 Å². The van der Waals surface area contributed by atoms with Crippen molar-refractivity contribution in [3.8, 4) is 0 Å². The minimum atomic E-state index is -0.671. The van der Waals surface area contributed by atoms with E-state index in [1.165, 1.54) is 0 Å². The second kappa shape index (κ2) is 4.66. The molecular weight excluding hydrogens is 236 g/mol. The summed E-state index contributed by atoms with van der Waals surface area (Å²) in [4.78, 5) is 13.5. The highest BCUT2D eigenvalue weighted by atomic mass is 16.4. The average Bonchev–Trinajstić information content (AvgIpc) is 2.63. The van der Waals surface area contributed by atoms with E-state index in [0.29, 0.717) is 19.0 Å². The van der Waals surface area contributed by atoms with E-state index in [1.807, 2.05) is 18.7 Å². The van der Waals surface area contributed by atoms with Crippen molar-refractivity contribution in [3.63, 3.8) is 0 Å². The Morgan fingerprint density at radius 2 is 2.22 bits per heavy atom. The van der Waals surface area contributed by atoms with Gasteiger partial charge in [-0.3, -0.25) is 15.0 Å². The lowest BCUT2D eigenvalue weighted by Crippen LogP contribution is -2.61. The molecule has 0 spiro atoms. The highest BCUT2D eigenvalue weighted by Crippen LogP contribution is 2.19. The van der Waals surface area contributed by atoms with Gasteiger partial charge in [-0.05, 0) is 6.92 Å². The van der Waals surface area contributed by atoms with Crippen molar-refractivity contribution in [2.45, 2.75) is 32.3 Å². The zero-order valence-electron chi connectivity index (χ0n) is 10.8. The maximum absolute atomic E-state index is 11.6. The summed E-state index contributed by atoms with van der Waals surface area (Å²) in [5, 5.41) is 19.6. The first kappa shape index (κ1) is 13.0. The molecule has 0 bridgehead atoms. The number of nitrogens with one attached hydrogen (secondary N) is 1. The smallest absolute Gasteiger partial charge is 0.322 e. The molecule has 0 atom stereocenters. The van der Waals surface area contributed by atoms with Gasteiger partial charge >= 0.3 is 6.01 Å². The number of aromatic nitrogens is 2. The zero-order chi connectivity index (χ0) is 13.3. The Bertz CT molecular complexity index is 433. The third-order valence-corrected chi connectivity index (χ3v) is 2.68. The van der Waals surface area contributed by atoms with E-state index in [1.54, 1.807) is 6.92 Å². The van der Waals surface area contributed by atoms with E-state index >= 15 is 0 Å². The van der Waals surface area contributed by atoms with Crippen LogP contribution in [0.2, 0.25) is 0 Å². The summed E-state index contributed by atoms with van der Waals surface area (Å²) in [6.07, 6.45) is 0. The second-order valence-corrected chi connectivity index (χ2v) is 5.29. The van der Waals surface area contributed by atoms with Crippen LogP contribution in [0.1, 0.15) is 32.6 Å². The first-order chi connectivity index (χ1) is 8.35. The van der Waals surface area contributed by atoms with E-state index in [-0.39, 0.29) is 24.4 Å². The molecule has 1 fully saturated rings. The SMILES string of the molecule is CC(C)c1nnc(NC(=O)CN2CC(C)(O)C2)o1. The molecule has 7 nitrogen and oxygen atoms in total. The van der Waals surface area contributed by atoms with Crippen LogP contribution in [0.3, 0.4) is 0 Å². The summed E-state index contributed by atoms with van der Waals surface area (Å²) in [5.74, 6) is 0.412. The summed E-state index contributed by atoms with van der Waals surface area (Å²) in [7, 11) is 0. The Morgan fingerprint density at radius 3 is 2.72 bits per heavy atom. The minimum absolute atomic E-state index is 0.121. The topological polar surface area (TPSA) is 91.5 Å². The largest absolute Gasteiger partial charge is 0.408 e. The molecule has 1 aromatic heterocycles. The maximum Gasteiger partial charge on any atom is 0.322 e. The molecule has 0 radical (unpaired) electrons. The monoisotopic (exact) mass is 254 g/mol. The van der Waals surface area contributed by atoms with Gasteiger partial charge in [-0.25, -0.2) is 0 Å². The van der Waals surface area contributed by atoms with Crippen molar-refractivity contribution < 1.29 is 14.3 Å². The van der Waals surface area contributed by atoms with Crippen LogP contribution in [0.5, 0.6) is 0 Å². The summed E-state index contributed by atoms with van der Waals surface area (Å²) < 4.78 is 5.27. The van der Waals surface area contributed by atoms with E-state index in [4.69, 9.17) is 4.42 Å². The van der Waals surface area contributed by atoms with Crippen molar-refractivity contribution in [1.82, 2.24) is 15.1 Å². The van der Waals surface area contributed by atoms with Gasteiger partial charge in [0.2, 0.25) is 11.8 Å². The summed E-state index contributed by atoms with van der Waals surface area (Å²) in [5.41, 5.74) is -0.671. The molecule has 1 aromatic rings. The fourth-order valence-electron chi connectivity index (χ4n) is 1.91. The van der Waals surface area contributed by atoms with Crippen LogP contribution in [0, 0.1) is 0 Å². The molecule has 0 aromatic carbocycles. The number of hydrogen-bond acceptors (Lipinski definition) is 6. The van der Waals surface area contributed by atoms with Gasteiger partial charge in [0.15, 0.2) is 0 Å². The third kappa shape index (κ3) is 3.05. The fourth-order valence-corrected chi connectivity index (χ4v) is 1.91. The molecular formula is C11H18N4O3. The molecule has 18 heavy (non-hydrogen) atoms.